The highest BCUT2D eigenvalue weighted by Gasteiger charge is 2.12. The van der Waals surface area contributed by atoms with Gasteiger partial charge in [-0.15, -0.1) is 0 Å². The van der Waals surface area contributed by atoms with E-state index in [1.54, 1.807) is 19.5 Å². The second kappa shape index (κ2) is 6.27. The van der Waals surface area contributed by atoms with Crippen molar-refractivity contribution in [2.75, 3.05) is 12.4 Å². The van der Waals surface area contributed by atoms with Crippen LogP contribution in [0, 0.1) is 0 Å². The quantitative estimate of drug-likeness (QED) is 0.603. The van der Waals surface area contributed by atoms with Crippen LogP contribution in [0.4, 0.5) is 5.69 Å². The highest BCUT2D eigenvalue weighted by atomic mass is 16.5. The number of rotatable bonds is 5. The van der Waals surface area contributed by atoms with Gasteiger partial charge in [0.05, 0.1) is 19.3 Å². The molecule has 1 aromatic carbocycles. The molecule has 4 aromatic rings. The van der Waals surface area contributed by atoms with Gasteiger partial charge in [-0.3, -0.25) is 0 Å². The van der Waals surface area contributed by atoms with Crippen LogP contribution in [0.25, 0.3) is 22.7 Å². The SMILES string of the molecule is COc1ccc(-c2nc3ncccc3o2)cc1NCc1nccn1C. The second-order valence-electron chi connectivity index (χ2n) is 5.57. The number of anilines is 1. The fourth-order valence-electron chi connectivity index (χ4n) is 2.61. The van der Waals surface area contributed by atoms with E-state index < -0.39 is 0 Å². The first-order valence-corrected chi connectivity index (χ1v) is 7.84. The molecule has 0 saturated carbocycles. The van der Waals surface area contributed by atoms with Gasteiger partial charge in [0.2, 0.25) is 5.89 Å². The van der Waals surface area contributed by atoms with Gasteiger partial charge in [0.25, 0.3) is 0 Å². The van der Waals surface area contributed by atoms with Crippen LogP contribution in [-0.4, -0.2) is 26.6 Å². The summed E-state index contributed by atoms with van der Waals surface area (Å²) in [4.78, 5) is 13.0. The van der Waals surface area contributed by atoms with Crippen LogP contribution in [0.15, 0.2) is 53.3 Å². The Labute approximate surface area is 144 Å². The molecule has 25 heavy (non-hydrogen) atoms. The summed E-state index contributed by atoms with van der Waals surface area (Å²) < 4.78 is 13.2. The van der Waals surface area contributed by atoms with E-state index in [1.165, 1.54) is 0 Å². The van der Waals surface area contributed by atoms with E-state index >= 15 is 0 Å². The first-order chi connectivity index (χ1) is 12.2. The van der Waals surface area contributed by atoms with Crippen molar-refractivity contribution in [3.05, 3.63) is 54.7 Å². The lowest BCUT2D eigenvalue weighted by molar-refractivity contribution is 0.416. The van der Waals surface area contributed by atoms with Crippen LogP contribution >= 0.6 is 0 Å². The van der Waals surface area contributed by atoms with Gasteiger partial charge in [0.1, 0.15) is 11.6 Å². The molecule has 7 nitrogen and oxygen atoms in total. The number of pyridine rings is 1. The Morgan fingerprint density at radius 3 is 2.88 bits per heavy atom. The largest absolute Gasteiger partial charge is 0.495 e. The van der Waals surface area contributed by atoms with Crippen LogP contribution in [-0.2, 0) is 13.6 Å². The molecule has 0 spiro atoms. The molecule has 3 aromatic heterocycles. The van der Waals surface area contributed by atoms with E-state index in [-0.39, 0.29) is 0 Å². The third-order valence-electron chi connectivity index (χ3n) is 3.97. The average Bonchev–Trinajstić information content (AvgIpc) is 3.25. The van der Waals surface area contributed by atoms with E-state index in [2.05, 4.69) is 20.3 Å². The molecule has 126 valence electrons. The minimum atomic E-state index is 0.524. The maximum Gasteiger partial charge on any atom is 0.228 e. The van der Waals surface area contributed by atoms with Gasteiger partial charge in [0.15, 0.2) is 11.2 Å². The molecule has 0 saturated heterocycles. The van der Waals surface area contributed by atoms with E-state index in [1.807, 2.05) is 48.1 Å². The number of benzene rings is 1. The monoisotopic (exact) mass is 335 g/mol. The first kappa shape index (κ1) is 15.2. The van der Waals surface area contributed by atoms with Gasteiger partial charge < -0.3 is 19.0 Å². The molecule has 0 aliphatic heterocycles. The van der Waals surface area contributed by atoms with Gasteiger partial charge in [-0.2, -0.15) is 4.98 Å². The number of imidazole rings is 1. The molecule has 0 bridgehead atoms. The summed E-state index contributed by atoms with van der Waals surface area (Å²) in [6.45, 7) is 0.582. The molecule has 0 atom stereocenters. The van der Waals surface area contributed by atoms with E-state index in [0.717, 1.165) is 22.8 Å². The highest BCUT2D eigenvalue weighted by molar-refractivity contribution is 5.74. The molecular weight excluding hydrogens is 318 g/mol. The first-order valence-electron chi connectivity index (χ1n) is 7.84. The van der Waals surface area contributed by atoms with Crippen molar-refractivity contribution < 1.29 is 9.15 Å². The summed E-state index contributed by atoms with van der Waals surface area (Å²) in [7, 11) is 3.60. The lowest BCUT2D eigenvalue weighted by Crippen LogP contribution is -2.06. The number of aromatic nitrogens is 4. The minimum Gasteiger partial charge on any atom is -0.495 e. The fraction of sp³-hybridized carbons (Fsp3) is 0.167. The molecule has 0 aliphatic rings. The minimum absolute atomic E-state index is 0.524. The van der Waals surface area contributed by atoms with E-state index in [9.17, 15) is 0 Å². The maximum atomic E-state index is 5.79. The van der Waals surface area contributed by atoms with Gasteiger partial charge in [-0.25, -0.2) is 9.97 Å². The predicted octanol–water partition coefficient (Wildman–Crippen LogP) is 3.24. The van der Waals surface area contributed by atoms with Crippen LogP contribution in [0.1, 0.15) is 5.82 Å². The third-order valence-corrected chi connectivity index (χ3v) is 3.97. The van der Waals surface area contributed by atoms with E-state index in [4.69, 9.17) is 9.15 Å². The molecule has 4 rings (SSSR count). The van der Waals surface area contributed by atoms with Crippen molar-refractivity contribution in [1.82, 2.24) is 19.5 Å². The number of aryl methyl sites for hydroxylation is 1. The van der Waals surface area contributed by atoms with Crippen molar-refractivity contribution in [3.8, 4) is 17.2 Å². The highest BCUT2D eigenvalue weighted by Crippen LogP contribution is 2.31. The summed E-state index contributed by atoms with van der Waals surface area (Å²) in [5, 5.41) is 3.36. The Hall–Kier alpha value is -3.35. The van der Waals surface area contributed by atoms with Crippen molar-refractivity contribution >= 4 is 16.9 Å². The number of nitrogens with one attached hydrogen (secondary N) is 1. The van der Waals surface area contributed by atoms with Gasteiger partial charge in [-0.05, 0) is 30.3 Å². The maximum absolute atomic E-state index is 5.79. The van der Waals surface area contributed by atoms with Crippen LogP contribution in [0.5, 0.6) is 5.75 Å². The zero-order valence-corrected chi connectivity index (χ0v) is 13.9. The number of hydrogen-bond donors (Lipinski definition) is 1. The average molecular weight is 335 g/mol. The number of nitrogens with zero attached hydrogens (tertiary/aromatic N) is 4. The molecule has 0 aliphatic carbocycles. The number of hydrogen-bond acceptors (Lipinski definition) is 6. The third kappa shape index (κ3) is 2.91. The Morgan fingerprint density at radius 1 is 1.20 bits per heavy atom. The lowest BCUT2D eigenvalue weighted by Gasteiger charge is -2.12. The zero-order chi connectivity index (χ0) is 17.2. The lowest BCUT2D eigenvalue weighted by atomic mass is 10.2. The normalized spacial score (nSPS) is 11.0. The standard InChI is InChI=1S/C18H17N5O2/c1-23-9-8-19-16(23)11-21-13-10-12(5-6-14(13)24-2)18-22-17-15(25-18)4-3-7-20-17/h3-10,21H,11H2,1-2H3. The Kier molecular flexibility index (Phi) is 3.81. The molecule has 3 heterocycles. The van der Waals surface area contributed by atoms with Gasteiger partial charge in [0, 0.05) is 31.2 Å². The summed E-state index contributed by atoms with van der Waals surface area (Å²) in [5.41, 5.74) is 2.95. The number of ether oxygens (including phenoxy) is 1. The molecule has 0 unspecified atom stereocenters. The molecule has 7 heteroatoms. The molecule has 0 fully saturated rings. The Balaban J connectivity index is 1.66. The van der Waals surface area contributed by atoms with Crippen molar-refractivity contribution in [1.29, 1.82) is 0 Å². The Bertz CT molecular complexity index is 988. The van der Waals surface area contributed by atoms with Gasteiger partial charge in [-0.1, -0.05) is 0 Å². The topological polar surface area (TPSA) is 78.0 Å². The Morgan fingerprint density at radius 2 is 2.12 bits per heavy atom. The van der Waals surface area contributed by atoms with E-state index in [0.29, 0.717) is 23.7 Å². The summed E-state index contributed by atoms with van der Waals surface area (Å²) >= 11 is 0. The van der Waals surface area contributed by atoms with Gasteiger partial charge >= 0.3 is 0 Å². The summed E-state index contributed by atoms with van der Waals surface area (Å²) in [5.74, 6) is 2.20. The van der Waals surface area contributed by atoms with Crippen molar-refractivity contribution in [3.63, 3.8) is 0 Å². The van der Waals surface area contributed by atoms with Crippen LogP contribution in [0.2, 0.25) is 0 Å². The number of fused-ring (bicyclic) bond motifs is 1. The zero-order valence-electron chi connectivity index (χ0n) is 13.9. The second-order valence-corrected chi connectivity index (χ2v) is 5.57. The molecular formula is C18H17N5O2. The smallest absolute Gasteiger partial charge is 0.228 e. The van der Waals surface area contributed by atoms with Crippen LogP contribution < -0.4 is 10.1 Å². The van der Waals surface area contributed by atoms with Crippen molar-refractivity contribution in [2.24, 2.45) is 7.05 Å². The predicted molar refractivity (Wildman–Crippen MR) is 94.3 cm³/mol. The summed E-state index contributed by atoms with van der Waals surface area (Å²) in [6.07, 6.45) is 5.38. The van der Waals surface area contributed by atoms with Crippen molar-refractivity contribution in [2.45, 2.75) is 6.54 Å². The molecule has 0 amide bonds. The summed E-state index contributed by atoms with van der Waals surface area (Å²) in [6, 6.07) is 9.42. The fourth-order valence-corrected chi connectivity index (χ4v) is 2.61. The van der Waals surface area contributed by atoms with Crippen LogP contribution in [0.3, 0.4) is 0 Å². The molecule has 0 radical (unpaired) electrons. The number of methoxy groups -OCH3 is 1. The number of oxazole rings is 1. The molecule has 1 N–H and O–H groups in total.